The summed E-state index contributed by atoms with van der Waals surface area (Å²) in [6.45, 7) is 7.08. The van der Waals surface area contributed by atoms with Gasteiger partial charge in [-0.1, -0.05) is 51.0 Å². The van der Waals surface area contributed by atoms with E-state index in [1.165, 1.54) is 56.1 Å². The molecule has 21 heavy (non-hydrogen) atoms. The predicted octanol–water partition coefficient (Wildman–Crippen LogP) is 6.49. The first-order valence-corrected chi connectivity index (χ1v) is 8.93. The minimum atomic E-state index is 0.814. The van der Waals surface area contributed by atoms with Crippen LogP contribution in [0.25, 0.3) is 5.57 Å². The monoisotopic (exact) mass is 282 g/mol. The zero-order chi connectivity index (χ0) is 14.8. The van der Waals surface area contributed by atoms with Crippen molar-refractivity contribution in [1.82, 2.24) is 0 Å². The fourth-order valence-electron chi connectivity index (χ4n) is 4.10. The summed E-state index contributed by atoms with van der Waals surface area (Å²) in [5, 5.41) is 0. The third-order valence-electron chi connectivity index (χ3n) is 5.76. The van der Waals surface area contributed by atoms with E-state index < -0.39 is 0 Å². The number of aryl methyl sites for hydroxylation is 1. The molecule has 0 aliphatic heterocycles. The van der Waals surface area contributed by atoms with Crippen LogP contribution in [-0.2, 0) is 0 Å². The maximum absolute atomic E-state index is 2.48. The fourth-order valence-corrected chi connectivity index (χ4v) is 4.10. The molecular formula is C21H30. The Bertz CT molecular complexity index is 515. The van der Waals surface area contributed by atoms with Crippen LogP contribution in [-0.4, -0.2) is 0 Å². The molecule has 1 aromatic rings. The second-order valence-corrected chi connectivity index (χ2v) is 7.64. The second-order valence-electron chi connectivity index (χ2n) is 7.64. The summed E-state index contributed by atoms with van der Waals surface area (Å²) in [6.07, 6.45) is 12.0. The molecule has 0 bridgehead atoms. The summed E-state index contributed by atoms with van der Waals surface area (Å²) in [4.78, 5) is 0. The van der Waals surface area contributed by atoms with Gasteiger partial charge in [-0.2, -0.15) is 0 Å². The maximum Gasteiger partial charge on any atom is -0.0162 e. The molecule has 0 radical (unpaired) electrons. The number of benzene rings is 1. The van der Waals surface area contributed by atoms with Crippen LogP contribution in [0.2, 0.25) is 0 Å². The molecule has 0 spiro atoms. The summed E-state index contributed by atoms with van der Waals surface area (Å²) in [6, 6.07) is 7.31. The quantitative estimate of drug-likeness (QED) is 0.581. The van der Waals surface area contributed by atoms with Crippen molar-refractivity contribution in [1.29, 1.82) is 0 Å². The van der Waals surface area contributed by atoms with Crippen LogP contribution < -0.4 is 0 Å². The normalized spacial score (nSPS) is 30.0. The van der Waals surface area contributed by atoms with E-state index in [1.54, 1.807) is 11.1 Å². The van der Waals surface area contributed by atoms with Gasteiger partial charge in [-0.15, -0.1) is 0 Å². The Kier molecular flexibility index (Phi) is 4.52. The summed E-state index contributed by atoms with van der Waals surface area (Å²) < 4.78 is 0. The van der Waals surface area contributed by atoms with E-state index in [2.05, 4.69) is 45.0 Å². The lowest BCUT2D eigenvalue weighted by Crippen LogP contribution is -2.11. The fraction of sp³-hybridized carbons (Fsp3) is 0.619. The molecule has 0 saturated heterocycles. The molecule has 2 aliphatic carbocycles. The highest BCUT2D eigenvalue weighted by Gasteiger charge is 2.20. The average molecular weight is 282 g/mol. The smallest absolute Gasteiger partial charge is 0.0162 e. The largest absolute Gasteiger partial charge is 0.0804 e. The molecule has 114 valence electrons. The summed E-state index contributed by atoms with van der Waals surface area (Å²) in [5.41, 5.74) is 6.18. The first-order valence-electron chi connectivity index (χ1n) is 8.93. The molecule has 2 aliphatic rings. The van der Waals surface area contributed by atoms with Gasteiger partial charge in [-0.25, -0.2) is 0 Å². The van der Waals surface area contributed by atoms with Crippen molar-refractivity contribution in [2.45, 2.75) is 71.6 Å². The Morgan fingerprint density at radius 3 is 2.29 bits per heavy atom. The van der Waals surface area contributed by atoms with Crippen LogP contribution >= 0.6 is 0 Å². The molecule has 0 heterocycles. The van der Waals surface area contributed by atoms with Crippen molar-refractivity contribution >= 4 is 5.57 Å². The van der Waals surface area contributed by atoms with E-state index in [9.17, 15) is 0 Å². The number of allylic oxidation sites excluding steroid dienone is 2. The summed E-state index contributed by atoms with van der Waals surface area (Å²) >= 11 is 0. The number of hydrogen-bond donors (Lipinski definition) is 0. The lowest BCUT2D eigenvalue weighted by Gasteiger charge is -2.27. The highest BCUT2D eigenvalue weighted by atomic mass is 14.3. The van der Waals surface area contributed by atoms with Gasteiger partial charge in [0.2, 0.25) is 0 Å². The number of hydrogen-bond acceptors (Lipinski definition) is 0. The molecule has 0 nitrogen and oxygen atoms in total. The van der Waals surface area contributed by atoms with Gasteiger partial charge < -0.3 is 0 Å². The Balaban J connectivity index is 1.77. The first-order chi connectivity index (χ1) is 10.1. The van der Waals surface area contributed by atoms with Gasteiger partial charge in [0, 0.05) is 0 Å². The molecule has 1 unspecified atom stereocenters. The zero-order valence-electron chi connectivity index (χ0n) is 14.0. The SMILES string of the molecule is Cc1cc(C2CCC(C)CC2)ccc1C1=CCC(C)CC1. The van der Waals surface area contributed by atoms with Gasteiger partial charge in [-0.05, 0) is 79.0 Å². The van der Waals surface area contributed by atoms with E-state index in [4.69, 9.17) is 0 Å². The van der Waals surface area contributed by atoms with Crippen molar-refractivity contribution in [3.8, 4) is 0 Å². The van der Waals surface area contributed by atoms with E-state index in [-0.39, 0.29) is 0 Å². The lowest BCUT2D eigenvalue weighted by atomic mass is 9.78. The van der Waals surface area contributed by atoms with Gasteiger partial charge in [-0.3, -0.25) is 0 Å². The molecule has 0 aromatic heterocycles. The Labute approximate surface area is 130 Å². The minimum absolute atomic E-state index is 0.814. The first kappa shape index (κ1) is 14.9. The minimum Gasteiger partial charge on any atom is -0.0804 e. The molecule has 0 heteroatoms. The molecule has 1 saturated carbocycles. The maximum atomic E-state index is 2.48. The van der Waals surface area contributed by atoms with Crippen molar-refractivity contribution in [2.75, 3.05) is 0 Å². The predicted molar refractivity (Wildman–Crippen MR) is 92.5 cm³/mol. The Hall–Kier alpha value is -1.04. The highest BCUT2D eigenvalue weighted by Crippen LogP contribution is 2.37. The van der Waals surface area contributed by atoms with Gasteiger partial charge in [0.15, 0.2) is 0 Å². The Morgan fingerprint density at radius 2 is 1.67 bits per heavy atom. The standard InChI is InChI=1S/C21H30/c1-15-4-8-18(9-5-15)20-12-13-21(17(3)14-20)19-10-6-16(2)7-11-19/h10,12-16,18H,4-9,11H2,1-3H3. The van der Waals surface area contributed by atoms with Crippen LogP contribution in [0.4, 0.5) is 0 Å². The summed E-state index contributed by atoms with van der Waals surface area (Å²) in [7, 11) is 0. The van der Waals surface area contributed by atoms with Gasteiger partial charge >= 0.3 is 0 Å². The second kappa shape index (κ2) is 6.38. The van der Waals surface area contributed by atoms with E-state index in [1.807, 2.05) is 0 Å². The van der Waals surface area contributed by atoms with Crippen LogP contribution in [0.5, 0.6) is 0 Å². The van der Waals surface area contributed by atoms with Crippen molar-refractivity contribution in [3.63, 3.8) is 0 Å². The van der Waals surface area contributed by atoms with E-state index >= 15 is 0 Å². The van der Waals surface area contributed by atoms with Crippen LogP contribution in [0.1, 0.15) is 81.4 Å². The lowest BCUT2D eigenvalue weighted by molar-refractivity contribution is 0.348. The topological polar surface area (TPSA) is 0 Å². The number of rotatable bonds is 2. The summed E-state index contributed by atoms with van der Waals surface area (Å²) in [5.74, 6) is 2.63. The van der Waals surface area contributed by atoms with Crippen LogP contribution in [0.3, 0.4) is 0 Å². The van der Waals surface area contributed by atoms with E-state index in [0.29, 0.717) is 0 Å². The average Bonchev–Trinajstić information content (AvgIpc) is 2.49. The molecule has 3 rings (SSSR count). The molecule has 1 atom stereocenters. The van der Waals surface area contributed by atoms with Gasteiger partial charge in [0.25, 0.3) is 0 Å². The van der Waals surface area contributed by atoms with E-state index in [0.717, 1.165) is 17.8 Å². The van der Waals surface area contributed by atoms with Crippen molar-refractivity contribution < 1.29 is 0 Å². The van der Waals surface area contributed by atoms with Crippen molar-refractivity contribution in [2.24, 2.45) is 11.8 Å². The van der Waals surface area contributed by atoms with Gasteiger partial charge in [0.1, 0.15) is 0 Å². The third-order valence-corrected chi connectivity index (χ3v) is 5.76. The zero-order valence-corrected chi connectivity index (χ0v) is 14.0. The molecular weight excluding hydrogens is 252 g/mol. The third kappa shape index (κ3) is 3.42. The van der Waals surface area contributed by atoms with Crippen LogP contribution in [0.15, 0.2) is 24.3 Å². The van der Waals surface area contributed by atoms with Crippen molar-refractivity contribution in [3.05, 3.63) is 41.0 Å². The molecule has 0 N–H and O–H groups in total. The van der Waals surface area contributed by atoms with Gasteiger partial charge in [0.05, 0.1) is 0 Å². The molecule has 1 aromatic carbocycles. The van der Waals surface area contributed by atoms with Crippen LogP contribution in [0, 0.1) is 18.8 Å². The Morgan fingerprint density at radius 1 is 0.905 bits per heavy atom. The highest BCUT2D eigenvalue weighted by molar-refractivity contribution is 5.69. The molecule has 1 fully saturated rings. The molecule has 0 amide bonds.